The van der Waals surface area contributed by atoms with E-state index in [1.54, 1.807) is 12.7 Å². The van der Waals surface area contributed by atoms with Gasteiger partial charge >= 0.3 is 0 Å². The number of nitrogens with one attached hydrogen (secondary N) is 1. The number of hydrogen-bond donors (Lipinski definition) is 1. The van der Waals surface area contributed by atoms with Crippen molar-refractivity contribution in [3.05, 3.63) is 48.0 Å². The Hall–Kier alpha value is -1.68. The van der Waals surface area contributed by atoms with Gasteiger partial charge in [-0.3, -0.25) is 0 Å². The first-order valence-corrected chi connectivity index (χ1v) is 8.00. The molecule has 0 saturated heterocycles. The molecule has 2 aliphatic carbocycles. The zero-order valence-corrected chi connectivity index (χ0v) is 12.3. The lowest BCUT2D eigenvalue weighted by molar-refractivity contribution is 0.351. The van der Waals surface area contributed by atoms with Crippen molar-refractivity contribution in [2.45, 2.75) is 44.8 Å². The maximum atomic E-state index is 4.14. The van der Waals surface area contributed by atoms with Gasteiger partial charge in [-0.1, -0.05) is 30.7 Å². The molecule has 1 aromatic heterocycles. The molecule has 110 valence electrons. The molecule has 0 spiro atoms. The Morgan fingerprint density at radius 3 is 2.62 bits per heavy atom. The van der Waals surface area contributed by atoms with E-state index in [-0.39, 0.29) is 0 Å². The predicted octanol–water partition coefficient (Wildman–Crippen LogP) is 2.60. The molecule has 3 atom stereocenters. The molecule has 2 aliphatic rings. The summed E-state index contributed by atoms with van der Waals surface area (Å²) in [6.45, 7) is 1.79. The molecule has 1 N–H and O–H groups in total. The van der Waals surface area contributed by atoms with Gasteiger partial charge in [-0.25, -0.2) is 9.67 Å². The van der Waals surface area contributed by atoms with Crippen molar-refractivity contribution in [1.29, 1.82) is 0 Å². The number of aromatic nitrogens is 3. The third kappa shape index (κ3) is 2.86. The van der Waals surface area contributed by atoms with Gasteiger partial charge in [0.15, 0.2) is 0 Å². The van der Waals surface area contributed by atoms with Crippen molar-refractivity contribution >= 4 is 0 Å². The maximum Gasteiger partial charge on any atom is 0.137 e. The summed E-state index contributed by atoms with van der Waals surface area (Å²) in [6, 6.07) is 9.61. The first-order valence-electron chi connectivity index (χ1n) is 8.00. The largest absolute Gasteiger partial charge is 0.310 e. The van der Waals surface area contributed by atoms with Gasteiger partial charge in [-0.05, 0) is 42.2 Å². The van der Waals surface area contributed by atoms with E-state index >= 15 is 0 Å². The second kappa shape index (κ2) is 5.60. The number of nitrogens with zero attached hydrogens (tertiary/aromatic N) is 3. The second-order valence-electron chi connectivity index (χ2n) is 6.57. The van der Waals surface area contributed by atoms with Gasteiger partial charge in [0, 0.05) is 12.6 Å². The molecule has 4 nitrogen and oxygen atoms in total. The number of rotatable bonds is 5. The van der Waals surface area contributed by atoms with Crippen LogP contribution in [0.5, 0.6) is 0 Å². The minimum Gasteiger partial charge on any atom is -0.310 e. The lowest BCUT2D eigenvalue weighted by atomic mass is 9.95. The molecule has 1 heterocycles. The van der Waals surface area contributed by atoms with Gasteiger partial charge in [0.2, 0.25) is 0 Å². The van der Waals surface area contributed by atoms with Crippen molar-refractivity contribution in [3.8, 4) is 0 Å². The van der Waals surface area contributed by atoms with Crippen LogP contribution in [0.4, 0.5) is 0 Å². The van der Waals surface area contributed by atoms with E-state index in [0.717, 1.165) is 31.0 Å². The smallest absolute Gasteiger partial charge is 0.137 e. The molecule has 0 unspecified atom stereocenters. The number of benzene rings is 1. The van der Waals surface area contributed by atoms with Crippen molar-refractivity contribution in [2.24, 2.45) is 11.8 Å². The topological polar surface area (TPSA) is 42.7 Å². The highest BCUT2D eigenvalue weighted by Gasteiger charge is 2.38. The van der Waals surface area contributed by atoms with Crippen LogP contribution < -0.4 is 5.32 Å². The first-order chi connectivity index (χ1) is 10.4. The lowest BCUT2D eigenvalue weighted by Gasteiger charge is -2.23. The standard InChI is InChI=1S/C17H22N4/c1-3-14(10-21-12-18-11-20-21)4-2-13(1)9-19-17-8-15-5-6-16(17)7-15/h1-4,11-12,15-17,19H,5-10H2/t15-,16-,17+/m0/s1. The molecule has 0 amide bonds. The van der Waals surface area contributed by atoms with Crippen molar-refractivity contribution in [3.63, 3.8) is 0 Å². The third-order valence-electron chi connectivity index (χ3n) is 5.14. The number of fused-ring (bicyclic) bond motifs is 2. The first kappa shape index (κ1) is 13.0. The Morgan fingerprint density at radius 2 is 1.95 bits per heavy atom. The summed E-state index contributed by atoms with van der Waals surface area (Å²) < 4.78 is 1.85. The van der Waals surface area contributed by atoms with Crippen LogP contribution in [0.1, 0.15) is 36.8 Å². The van der Waals surface area contributed by atoms with Crippen molar-refractivity contribution in [2.75, 3.05) is 0 Å². The molecule has 0 aliphatic heterocycles. The zero-order valence-electron chi connectivity index (χ0n) is 12.3. The SMILES string of the molecule is c1ncn(Cc2ccc(CN[C@@H]3C[C@H]4CC[C@H]3C4)cc2)n1. The van der Waals surface area contributed by atoms with Crippen LogP contribution >= 0.6 is 0 Å². The van der Waals surface area contributed by atoms with Crippen LogP contribution in [0.2, 0.25) is 0 Å². The minimum absolute atomic E-state index is 0.763. The van der Waals surface area contributed by atoms with E-state index in [2.05, 4.69) is 39.7 Å². The molecule has 2 fully saturated rings. The van der Waals surface area contributed by atoms with Crippen molar-refractivity contribution < 1.29 is 0 Å². The van der Waals surface area contributed by atoms with Crippen LogP contribution in [0.15, 0.2) is 36.9 Å². The van der Waals surface area contributed by atoms with Gasteiger partial charge in [0.25, 0.3) is 0 Å². The molecule has 1 aromatic carbocycles. The van der Waals surface area contributed by atoms with E-state index in [9.17, 15) is 0 Å². The van der Waals surface area contributed by atoms with E-state index in [4.69, 9.17) is 0 Å². The molecule has 4 heteroatoms. The van der Waals surface area contributed by atoms with Gasteiger partial charge in [-0.15, -0.1) is 0 Å². The molecule has 0 radical (unpaired) electrons. The van der Waals surface area contributed by atoms with Gasteiger partial charge in [-0.2, -0.15) is 5.10 Å². The van der Waals surface area contributed by atoms with E-state index in [1.807, 2.05) is 4.68 Å². The van der Waals surface area contributed by atoms with Crippen LogP contribution in [0.3, 0.4) is 0 Å². The predicted molar refractivity (Wildman–Crippen MR) is 81.6 cm³/mol. The molecule has 4 rings (SSSR count). The highest BCUT2D eigenvalue weighted by molar-refractivity contribution is 5.22. The van der Waals surface area contributed by atoms with Gasteiger partial charge < -0.3 is 5.32 Å². The fourth-order valence-corrected chi connectivity index (χ4v) is 4.01. The average Bonchev–Trinajstić information content (AvgIpc) is 3.24. The summed E-state index contributed by atoms with van der Waals surface area (Å²) in [6.07, 6.45) is 9.11. The molecule has 2 bridgehead atoms. The summed E-state index contributed by atoms with van der Waals surface area (Å²) in [5.41, 5.74) is 2.64. The van der Waals surface area contributed by atoms with E-state index in [0.29, 0.717) is 0 Å². The van der Waals surface area contributed by atoms with Gasteiger partial charge in [0.1, 0.15) is 12.7 Å². The Balaban J connectivity index is 1.32. The van der Waals surface area contributed by atoms with Crippen LogP contribution in [0.25, 0.3) is 0 Å². The zero-order chi connectivity index (χ0) is 14.1. The molecular weight excluding hydrogens is 260 g/mol. The third-order valence-corrected chi connectivity index (χ3v) is 5.14. The number of hydrogen-bond acceptors (Lipinski definition) is 3. The maximum absolute atomic E-state index is 4.14. The Kier molecular flexibility index (Phi) is 3.47. The Bertz CT molecular complexity index is 575. The van der Waals surface area contributed by atoms with Crippen LogP contribution in [0, 0.1) is 11.8 Å². The second-order valence-corrected chi connectivity index (χ2v) is 6.57. The van der Waals surface area contributed by atoms with Gasteiger partial charge in [0.05, 0.1) is 6.54 Å². The highest BCUT2D eigenvalue weighted by Crippen LogP contribution is 2.44. The quantitative estimate of drug-likeness (QED) is 0.916. The summed E-state index contributed by atoms with van der Waals surface area (Å²) >= 11 is 0. The van der Waals surface area contributed by atoms with E-state index < -0.39 is 0 Å². The Morgan fingerprint density at radius 1 is 1.10 bits per heavy atom. The minimum atomic E-state index is 0.763. The van der Waals surface area contributed by atoms with Crippen LogP contribution in [-0.2, 0) is 13.1 Å². The summed E-state index contributed by atoms with van der Waals surface area (Å²) in [4.78, 5) is 3.97. The fraction of sp³-hybridized carbons (Fsp3) is 0.529. The molecular formula is C17H22N4. The average molecular weight is 282 g/mol. The molecule has 21 heavy (non-hydrogen) atoms. The van der Waals surface area contributed by atoms with Crippen molar-refractivity contribution in [1.82, 2.24) is 20.1 Å². The normalized spacial score (nSPS) is 27.3. The molecule has 2 saturated carbocycles. The lowest BCUT2D eigenvalue weighted by Crippen LogP contribution is -2.33. The summed E-state index contributed by atoms with van der Waals surface area (Å²) in [5, 5.41) is 7.90. The monoisotopic (exact) mass is 282 g/mol. The molecule has 2 aromatic rings. The fourth-order valence-electron chi connectivity index (χ4n) is 4.01. The highest BCUT2D eigenvalue weighted by atomic mass is 15.3. The van der Waals surface area contributed by atoms with E-state index in [1.165, 1.54) is 36.8 Å². The summed E-state index contributed by atoms with van der Waals surface area (Å²) in [7, 11) is 0. The Labute approximate surface area is 125 Å². The van der Waals surface area contributed by atoms with Crippen LogP contribution in [-0.4, -0.2) is 20.8 Å². The summed E-state index contributed by atoms with van der Waals surface area (Å²) in [5.74, 6) is 1.96.